The molecule has 1 amide bonds. The van der Waals surface area contributed by atoms with E-state index in [0.29, 0.717) is 18.5 Å². The molecular formula is C33H37FN4O3S. The lowest BCUT2D eigenvalue weighted by Gasteiger charge is -2.26. The maximum Gasteiger partial charge on any atom is 0.241 e. The molecule has 3 aromatic carbocycles. The molecule has 42 heavy (non-hydrogen) atoms. The lowest BCUT2D eigenvalue weighted by atomic mass is 9.86. The number of imidazole rings is 1. The molecule has 2 atom stereocenters. The summed E-state index contributed by atoms with van der Waals surface area (Å²) in [6.45, 7) is 8.52. The van der Waals surface area contributed by atoms with Gasteiger partial charge in [0.2, 0.25) is 15.9 Å². The molecule has 0 saturated heterocycles. The highest BCUT2D eigenvalue weighted by Crippen LogP contribution is 2.46. The van der Waals surface area contributed by atoms with Crippen molar-refractivity contribution < 1.29 is 17.6 Å². The van der Waals surface area contributed by atoms with Crippen molar-refractivity contribution in [1.82, 2.24) is 14.3 Å². The Morgan fingerprint density at radius 3 is 2.45 bits per heavy atom. The van der Waals surface area contributed by atoms with Crippen molar-refractivity contribution in [3.8, 4) is 0 Å². The number of anilines is 1. The molecule has 0 aliphatic heterocycles. The van der Waals surface area contributed by atoms with Gasteiger partial charge in [-0.1, -0.05) is 56.7 Å². The van der Waals surface area contributed by atoms with Crippen LogP contribution in [0, 0.1) is 12.7 Å². The van der Waals surface area contributed by atoms with Crippen LogP contribution in [0.2, 0.25) is 0 Å². The van der Waals surface area contributed by atoms with Gasteiger partial charge in [0, 0.05) is 37.6 Å². The molecule has 5 rings (SSSR count). The zero-order chi connectivity index (χ0) is 30.2. The Hall–Kier alpha value is -3.82. The molecule has 0 fully saturated rings. The topological polar surface area (TPSA) is 84.3 Å². The number of rotatable bonds is 9. The van der Waals surface area contributed by atoms with E-state index in [2.05, 4.69) is 47.8 Å². The van der Waals surface area contributed by atoms with Crippen LogP contribution in [0.4, 0.5) is 10.1 Å². The second-order valence-electron chi connectivity index (χ2n) is 11.9. The number of hydrogen-bond donors (Lipinski definition) is 1. The Kier molecular flexibility index (Phi) is 8.09. The molecule has 0 unspecified atom stereocenters. The predicted molar refractivity (Wildman–Crippen MR) is 162 cm³/mol. The Bertz CT molecular complexity index is 1700. The number of carbonyl (C=O) groups is 1. The average molecular weight is 589 g/mol. The molecule has 1 heterocycles. The van der Waals surface area contributed by atoms with E-state index in [9.17, 15) is 17.6 Å². The maximum absolute atomic E-state index is 13.9. The van der Waals surface area contributed by atoms with Crippen molar-refractivity contribution in [3.05, 3.63) is 113 Å². The van der Waals surface area contributed by atoms with Crippen molar-refractivity contribution >= 4 is 21.6 Å². The van der Waals surface area contributed by atoms with E-state index < -0.39 is 21.9 Å². The second-order valence-corrected chi connectivity index (χ2v) is 13.7. The number of benzene rings is 3. The zero-order valence-corrected chi connectivity index (χ0v) is 25.5. The van der Waals surface area contributed by atoms with Gasteiger partial charge in [-0.2, -0.15) is 0 Å². The molecule has 0 bridgehead atoms. The molecule has 1 aromatic heterocycles. The van der Waals surface area contributed by atoms with Crippen LogP contribution < -0.4 is 9.62 Å². The van der Waals surface area contributed by atoms with Crippen molar-refractivity contribution in [2.45, 2.75) is 69.4 Å². The number of aryl methyl sites for hydroxylation is 2. The zero-order valence-electron chi connectivity index (χ0n) is 24.6. The molecule has 7 nitrogen and oxygen atoms in total. The number of fused-ring (bicyclic) bond motifs is 1. The van der Waals surface area contributed by atoms with Gasteiger partial charge >= 0.3 is 0 Å². The van der Waals surface area contributed by atoms with E-state index in [4.69, 9.17) is 0 Å². The summed E-state index contributed by atoms with van der Waals surface area (Å²) in [5.74, 6) is 0.193. The minimum absolute atomic E-state index is 0.00277. The summed E-state index contributed by atoms with van der Waals surface area (Å²) in [4.78, 5) is 20.1. The first-order valence-electron chi connectivity index (χ1n) is 14.1. The Labute approximate surface area is 247 Å². The van der Waals surface area contributed by atoms with Gasteiger partial charge in [-0.25, -0.2) is 22.5 Å². The molecular weight excluding hydrogens is 551 g/mol. The van der Waals surface area contributed by atoms with Gasteiger partial charge in [-0.05, 0) is 77.8 Å². The first kappa shape index (κ1) is 29.7. The fourth-order valence-electron chi connectivity index (χ4n) is 5.73. The predicted octanol–water partition coefficient (Wildman–Crippen LogP) is 6.30. The van der Waals surface area contributed by atoms with Gasteiger partial charge in [-0.3, -0.25) is 4.79 Å². The average Bonchev–Trinajstić information content (AvgIpc) is 3.45. The number of amides is 1. The van der Waals surface area contributed by atoms with Gasteiger partial charge in [0.05, 0.1) is 11.4 Å². The molecule has 0 spiro atoms. The van der Waals surface area contributed by atoms with Crippen LogP contribution in [0.15, 0.2) is 84.0 Å². The van der Waals surface area contributed by atoms with Crippen molar-refractivity contribution in [3.63, 3.8) is 0 Å². The number of sulfonamides is 1. The molecule has 1 aliphatic carbocycles. The van der Waals surface area contributed by atoms with Crippen molar-refractivity contribution in [2.75, 3.05) is 4.90 Å². The minimum Gasteiger partial charge on any atom is -0.337 e. The molecule has 1 N–H and O–H groups in total. The van der Waals surface area contributed by atoms with Crippen molar-refractivity contribution in [1.29, 1.82) is 0 Å². The van der Waals surface area contributed by atoms with E-state index in [1.54, 1.807) is 11.1 Å². The molecule has 4 aromatic rings. The summed E-state index contributed by atoms with van der Waals surface area (Å²) in [6, 6.07) is 18.4. The number of aromatic nitrogens is 2. The summed E-state index contributed by atoms with van der Waals surface area (Å²) in [7, 11) is -2.02. The fraction of sp³-hybridized carbons (Fsp3) is 0.333. The highest BCUT2D eigenvalue weighted by Gasteiger charge is 2.39. The molecule has 0 saturated carbocycles. The summed E-state index contributed by atoms with van der Waals surface area (Å²) >= 11 is 0. The van der Waals surface area contributed by atoms with Gasteiger partial charge in [0.15, 0.2) is 0 Å². The quantitative estimate of drug-likeness (QED) is 0.249. The van der Waals surface area contributed by atoms with Crippen LogP contribution in [0.1, 0.15) is 73.7 Å². The van der Waals surface area contributed by atoms with Crippen molar-refractivity contribution in [2.24, 2.45) is 7.05 Å². The summed E-state index contributed by atoms with van der Waals surface area (Å²) in [6.07, 6.45) is 4.40. The normalized spacial score (nSPS) is 16.7. The monoisotopic (exact) mass is 588 g/mol. The van der Waals surface area contributed by atoms with E-state index in [1.807, 2.05) is 49.9 Å². The smallest absolute Gasteiger partial charge is 0.241 e. The third kappa shape index (κ3) is 6.17. The van der Waals surface area contributed by atoms with Crippen LogP contribution in [-0.2, 0) is 33.8 Å². The molecule has 9 heteroatoms. The highest BCUT2D eigenvalue weighted by molar-refractivity contribution is 7.89. The van der Waals surface area contributed by atoms with Crippen LogP contribution in [0.3, 0.4) is 0 Å². The van der Waals surface area contributed by atoms with Crippen LogP contribution in [-0.4, -0.2) is 23.9 Å². The first-order valence-corrected chi connectivity index (χ1v) is 15.6. The minimum atomic E-state index is -3.91. The van der Waals surface area contributed by atoms with Gasteiger partial charge in [0.1, 0.15) is 11.6 Å². The Balaban J connectivity index is 1.48. The first-order chi connectivity index (χ1) is 19.8. The molecule has 1 aliphatic rings. The summed E-state index contributed by atoms with van der Waals surface area (Å²) < 4.78 is 44.7. The fourth-order valence-corrected chi connectivity index (χ4v) is 6.94. The van der Waals surface area contributed by atoms with Crippen LogP contribution in [0.25, 0.3) is 0 Å². The van der Waals surface area contributed by atoms with Gasteiger partial charge in [0.25, 0.3) is 0 Å². The van der Waals surface area contributed by atoms with Crippen LogP contribution in [0.5, 0.6) is 0 Å². The SMILES string of the molecule is Cc1ccc([C@H](C)CC(=O)N(Cc2nccn2C)c2ccc3c(c2)[C@@H](NS(=O)(=O)c2ccc(F)cc2)CC3(C)C)cc1. The lowest BCUT2D eigenvalue weighted by molar-refractivity contribution is -0.119. The van der Waals surface area contributed by atoms with Crippen LogP contribution >= 0.6 is 0 Å². The third-order valence-corrected chi connectivity index (χ3v) is 9.72. The van der Waals surface area contributed by atoms with E-state index >= 15 is 0 Å². The maximum atomic E-state index is 13.9. The number of nitrogens with one attached hydrogen (secondary N) is 1. The Morgan fingerprint density at radius 1 is 1.12 bits per heavy atom. The number of hydrogen-bond acceptors (Lipinski definition) is 4. The standard InChI is InChI=1S/C33H37FN4O3S/c1-22-6-8-24(9-7-22)23(2)18-32(39)38(21-31-35-16-17-37(31)5)26-12-15-29-28(19-26)30(20-33(29,3)4)36-42(40,41)27-13-10-25(34)11-14-27/h6-17,19,23,30,36H,18,20-21H2,1-5H3/t23-,30+/m1/s1. The lowest BCUT2D eigenvalue weighted by Crippen LogP contribution is -2.32. The largest absolute Gasteiger partial charge is 0.337 e. The number of nitrogens with zero attached hydrogens (tertiary/aromatic N) is 3. The van der Waals surface area contributed by atoms with Gasteiger partial charge in [-0.15, -0.1) is 0 Å². The number of carbonyl (C=O) groups excluding carboxylic acids is 1. The summed E-state index contributed by atoms with van der Waals surface area (Å²) in [5.41, 5.74) is 4.50. The molecule has 220 valence electrons. The molecule has 0 radical (unpaired) electrons. The van der Waals surface area contributed by atoms with Gasteiger partial charge < -0.3 is 9.47 Å². The number of halogens is 1. The highest BCUT2D eigenvalue weighted by atomic mass is 32.2. The third-order valence-electron chi connectivity index (χ3n) is 8.24. The summed E-state index contributed by atoms with van der Waals surface area (Å²) in [5, 5.41) is 0. The van der Waals surface area contributed by atoms with E-state index in [1.165, 1.54) is 17.7 Å². The second kappa shape index (κ2) is 11.5. The Morgan fingerprint density at radius 2 is 1.81 bits per heavy atom. The van der Waals surface area contributed by atoms with E-state index in [0.717, 1.165) is 34.6 Å². The van der Waals surface area contributed by atoms with E-state index in [-0.39, 0.29) is 28.7 Å².